The Labute approximate surface area is 140 Å². The second kappa shape index (κ2) is 11.3. The Morgan fingerprint density at radius 2 is 1.62 bits per heavy atom. The fraction of sp³-hybridized carbons (Fsp3) is 0.667. The van der Waals surface area contributed by atoms with Crippen LogP contribution in [0.5, 0.6) is 0 Å². The number of benzene rings is 1. The van der Waals surface area contributed by atoms with Crippen molar-refractivity contribution in [3.8, 4) is 0 Å². The molecular weight excluding hydrogens is 303 g/mol. The fourth-order valence-corrected chi connectivity index (χ4v) is 3.21. The summed E-state index contributed by atoms with van der Waals surface area (Å²) in [6.45, 7) is 1.82. The van der Waals surface area contributed by atoms with Crippen LogP contribution in [-0.4, -0.2) is 13.2 Å². The molecule has 0 radical (unpaired) electrons. The molecule has 0 saturated heterocycles. The summed E-state index contributed by atoms with van der Waals surface area (Å²) in [5.41, 5.74) is 1.35. The molecule has 2 rings (SSSR count). The number of halogens is 2. The predicted molar refractivity (Wildman–Crippen MR) is 93.6 cm³/mol. The summed E-state index contributed by atoms with van der Waals surface area (Å²) in [7, 11) is 0. The molecule has 0 bridgehead atoms. The Morgan fingerprint density at radius 1 is 0.952 bits per heavy atom. The lowest BCUT2D eigenvalue weighted by molar-refractivity contribution is 0.122. The highest BCUT2D eigenvalue weighted by atomic mass is 35.5. The molecule has 0 N–H and O–H groups in total. The van der Waals surface area contributed by atoms with Crippen molar-refractivity contribution < 1.29 is 4.74 Å². The van der Waals surface area contributed by atoms with Crippen LogP contribution in [0.1, 0.15) is 56.9 Å². The van der Waals surface area contributed by atoms with Crippen LogP contribution in [-0.2, 0) is 11.2 Å². The van der Waals surface area contributed by atoms with Gasteiger partial charge in [0.05, 0.1) is 0 Å². The second-order valence-electron chi connectivity index (χ2n) is 5.99. The summed E-state index contributed by atoms with van der Waals surface area (Å²) in [5.74, 6) is 0.987. The Kier molecular flexibility index (Phi) is 10.2. The number of rotatable bonds is 8. The van der Waals surface area contributed by atoms with Crippen molar-refractivity contribution in [3.05, 3.63) is 34.9 Å². The Balaban J connectivity index is 0.00000220. The molecule has 120 valence electrons. The quantitative estimate of drug-likeness (QED) is 0.525. The van der Waals surface area contributed by atoms with E-state index < -0.39 is 0 Å². The van der Waals surface area contributed by atoms with Crippen LogP contribution >= 0.6 is 24.0 Å². The van der Waals surface area contributed by atoms with Gasteiger partial charge < -0.3 is 4.74 Å². The zero-order chi connectivity index (χ0) is 14.0. The topological polar surface area (TPSA) is 9.23 Å². The standard InChI is InChI=1S/C18H27ClO.ClH/c19-18-12-10-17(11-13-18)9-5-15-20-14-4-8-16-6-2-1-3-7-16;/h10-13,16H,1-9,14-15H2;1H. The number of ether oxygens (including phenoxy) is 1. The summed E-state index contributed by atoms with van der Waals surface area (Å²) in [5, 5.41) is 0.813. The van der Waals surface area contributed by atoms with Crippen molar-refractivity contribution in [1.29, 1.82) is 0 Å². The van der Waals surface area contributed by atoms with Crippen LogP contribution in [0.2, 0.25) is 5.02 Å². The highest BCUT2D eigenvalue weighted by molar-refractivity contribution is 6.30. The van der Waals surface area contributed by atoms with Gasteiger partial charge in [-0.3, -0.25) is 0 Å². The molecule has 0 aromatic heterocycles. The van der Waals surface area contributed by atoms with E-state index in [4.69, 9.17) is 16.3 Å². The monoisotopic (exact) mass is 330 g/mol. The first-order valence-electron chi connectivity index (χ1n) is 8.17. The van der Waals surface area contributed by atoms with Gasteiger partial charge in [-0.05, 0) is 49.3 Å². The van der Waals surface area contributed by atoms with Crippen LogP contribution in [0.4, 0.5) is 0 Å². The molecule has 3 heteroatoms. The van der Waals surface area contributed by atoms with Gasteiger partial charge in [-0.2, -0.15) is 0 Å². The third-order valence-electron chi connectivity index (χ3n) is 4.29. The molecule has 0 atom stereocenters. The van der Waals surface area contributed by atoms with E-state index in [0.717, 1.165) is 37.0 Å². The Hall–Kier alpha value is -0.240. The molecular formula is C18H28Cl2O. The van der Waals surface area contributed by atoms with Gasteiger partial charge >= 0.3 is 0 Å². The number of hydrogen-bond donors (Lipinski definition) is 0. The number of hydrogen-bond acceptors (Lipinski definition) is 1. The van der Waals surface area contributed by atoms with Gasteiger partial charge in [-0.15, -0.1) is 12.4 Å². The molecule has 0 aliphatic heterocycles. The minimum atomic E-state index is 0. The van der Waals surface area contributed by atoms with E-state index in [1.807, 2.05) is 12.1 Å². The lowest BCUT2D eigenvalue weighted by atomic mass is 9.86. The normalized spacial score (nSPS) is 15.7. The largest absolute Gasteiger partial charge is 0.381 e. The molecule has 21 heavy (non-hydrogen) atoms. The molecule has 0 unspecified atom stereocenters. The van der Waals surface area contributed by atoms with Gasteiger partial charge in [-0.1, -0.05) is 55.8 Å². The molecule has 1 fully saturated rings. The van der Waals surface area contributed by atoms with Gasteiger partial charge in [0.15, 0.2) is 0 Å². The first-order valence-corrected chi connectivity index (χ1v) is 8.54. The lowest BCUT2D eigenvalue weighted by Crippen LogP contribution is -2.07. The van der Waals surface area contributed by atoms with Crippen LogP contribution in [0.25, 0.3) is 0 Å². The Morgan fingerprint density at radius 3 is 2.33 bits per heavy atom. The van der Waals surface area contributed by atoms with E-state index in [9.17, 15) is 0 Å². The summed E-state index contributed by atoms with van der Waals surface area (Å²) in [6, 6.07) is 8.13. The average molecular weight is 331 g/mol. The van der Waals surface area contributed by atoms with E-state index in [1.54, 1.807) is 0 Å². The molecule has 1 aliphatic rings. The smallest absolute Gasteiger partial charge is 0.0469 e. The van der Waals surface area contributed by atoms with Crippen molar-refractivity contribution in [2.45, 2.75) is 57.8 Å². The Bertz CT molecular complexity index is 358. The summed E-state index contributed by atoms with van der Waals surface area (Å²) in [4.78, 5) is 0. The molecule has 0 spiro atoms. The van der Waals surface area contributed by atoms with E-state index >= 15 is 0 Å². The van der Waals surface area contributed by atoms with E-state index in [0.29, 0.717) is 0 Å². The third kappa shape index (κ3) is 8.09. The third-order valence-corrected chi connectivity index (χ3v) is 4.55. The van der Waals surface area contributed by atoms with Crippen molar-refractivity contribution in [2.24, 2.45) is 5.92 Å². The maximum absolute atomic E-state index is 5.87. The van der Waals surface area contributed by atoms with Crippen LogP contribution < -0.4 is 0 Å². The van der Waals surface area contributed by atoms with E-state index in [-0.39, 0.29) is 12.4 Å². The summed E-state index contributed by atoms with van der Waals surface area (Å²) < 4.78 is 5.74. The van der Waals surface area contributed by atoms with E-state index in [2.05, 4.69) is 12.1 Å². The fourth-order valence-electron chi connectivity index (χ4n) is 3.08. The maximum atomic E-state index is 5.87. The van der Waals surface area contributed by atoms with Crippen LogP contribution in [0, 0.1) is 5.92 Å². The van der Waals surface area contributed by atoms with Crippen molar-refractivity contribution in [2.75, 3.05) is 13.2 Å². The van der Waals surface area contributed by atoms with Gasteiger partial charge in [-0.25, -0.2) is 0 Å². The molecule has 1 aliphatic carbocycles. The SMILES string of the molecule is Cl.Clc1ccc(CCCOCCCC2CCCCC2)cc1. The zero-order valence-electron chi connectivity index (χ0n) is 12.9. The van der Waals surface area contributed by atoms with Crippen molar-refractivity contribution in [3.63, 3.8) is 0 Å². The number of aryl methyl sites for hydroxylation is 1. The molecule has 0 heterocycles. The van der Waals surface area contributed by atoms with Crippen LogP contribution in [0.15, 0.2) is 24.3 Å². The van der Waals surface area contributed by atoms with Crippen LogP contribution in [0.3, 0.4) is 0 Å². The van der Waals surface area contributed by atoms with Gasteiger partial charge in [0.2, 0.25) is 0 Å². The molecule has 1 nitrogen and oxygen atoms in total. The first kappa shape index (κ1) is 18.8. The van der Waals surface area contributed by atoms with Crippen molar-refractivity contribution in [1.82, 2.24) is 0 Å². The van der Waals surface area contributed by atoms with Crippen molar-refractivity contribution >= 4 is 24.0 Å². The van der Waals surface area contributed by atoms with E-state index in [1.165, 1.54) is 50.5 Å². The summed E-state index contributed by atoms with van der Waals surface area (Å²) >= 11 is 5.87. The highest BCUT2D eigenvalue weighted by Gasteiger charge is 2.12. The van der Waals surface area contributed by atoms with Gasteiger partial charge in [0, 0.05) is 18.2 Å². The highest BCUT2D eigenvalue weighted by Crippen LogP contribution is 2.27. The molecule has 0 amide bonds. The van der Waals surface area contributed by atoms with Gasteiger partial charge in [0.1, 0.15) is 0 Å². The average Bonchev–Trinajstić information content (AvgIpc) is 2.49. The maximum Gasteiger partial charge on any atom is 0.0469 e. The zero-order valence-corrected chi connectivity index (χ0v) is 14.4. The molecule has 1 saturated carbocycles. The predicted octanol–water partition coefficient (Wildman–Crippen LogP) is 6.07. The molecule has 1 aromatic rings. The molecule has 1 aromatic carbocycles. The summed E-state index contributed by atoms with van der Waals surface area (Å²) in [6.07, 6.45) is 12.1. The minimum absolute atomic E-state index is 0. The first-order chi connectivity index (χ1) is 9.84. The lowest BCUT2D eigenvalue weighted by Gasteiger charge is -2.21. The minimum Gasteiger partial charge on any atom is -0.381 e. The second-order valence-corrected chi connectivity index (χ2v) is 6.43. The van der Waals surface area contributed by atoms with Gasteiger partial charge in [0.25, 0.3) is 0 Å².